The van der Waals surface area contributed by atoms with Crippen LogP contribution in [0.5, 0.6) is 0 Å². The number of hydrogen-bond donors (Lipinski definition) is 0. The molecule has 1 amide bonds. The number of carboxylic acid groups (broad SMARTS) is 1. The lowest BCUT2D eigenvalue weighted by Gasteiger charge is -2.40. The van der Waals surface area contributed by atoms with Crippen LogP contribution < -0.4 is 15.0 Å². The van der Waals surface area contributed by atoms with Gasteiger partial charge in [-0.05, 0) is 12.8 Å². The standard InChI is InChI=1S/C15H18N4O5/c20-14(11-2-3-12(11)15(21)22)18-7-5-17(6-8-18)13-4-1-10(9-16-13)19(23)24/h1,4,9,11-12H,2-3,5-8H2,(H,21,22)/t11-,12-/m1/s1. The van der Waals surface area contributed by atoms with Gasteiger partial charge in [-0.2, -0.15) is 0 Å². The Balaban J connectivity index is 1.56. The highest BCUT2D eigenvalue weighted by molar-refractivity contribution is 5.86. The van der Waals surface area contributed by atoms with Crippen LogP contribution in [0.2, 0.25) is 0 Å². The largest absolute Gasteiger partial charge is 0.550 e. The van der Waals surface area contributed by atoms with Crippen LogP contribution in [0.15, 0.2) is 18.3 Å². The number of aliphatic carboxylic acids is 1. The number of piperazine rings is 1. The SMILES string of the molecule is O=C([O-])[C@@H]1CC[C@H]1C(=O)N1CCN(c2ccc([N+](=O)[O-])c[nH+]2)CC1. The number of nitrogens with one attached hydrogen (secondary N) is 1. The normalized spacial score (nSPS) is 23.5. The van der Waals surface area contributed by atoms with Gasteiger partial charge < -0.3 is 14.8 Å². The summed E-state index contributed by atoms with van der Waals surface area (Å²) in [4.78, 5) is 40.1. The van der Waals surface area contributed by atoms with Gasteiger partial charge in [0.15, 0.2) is 6.20 Å². The molecule has 0 unspecified atom stereocenters. The fraction of sp³-hybridized carbons (Fsp3) is 0.533. The van der Waals surface area contributed by atoms with E-state index in [4.69, 9.17) is 0 Å². The van der Waals surface area contributed by atoms with Gasteiger partial charge in [-0.1, -0.05) is 0 Å². The lowest BCUT2D eigenvalue weighted by atomic mass is 9.73. The third-order valence-electron chi connectivity index (χ3n) is 4.82. The first-order valence-corrected chi connectivity index (χ1v) is 7.88. The van der Waals surface area contributed by atoms with Gasteiger partial charge in [0.2, 0.25) is 5.91 Å². The molecule has 3 rings (SSSR count). The first kappa shape index (κ1) is 16.2. The minimum Gasteiger partial charge on any atom is -0.550 e. The number of rotatable bonds is 4. The van der Waals surface area contributed by atoms with Gasteiger partial charge in [-0.3, -0.25) is 19.8 Å². The molecule has 1 aliphatic heterocycles. The summed E-state index contributed by atoms with van der Waals surface area (Å²) in [6.07, 6.45) is 2.45. The summed E-state index contributed by atoms with van der Waals surface area (Å²) >= 11 is 0. The zero-order valence-electron chi connectivity index (χ0n) is 13.0. The average molecular weight is 334 g/mol. The summed E-state index contributed by atoms with van der Waals surface area (Å²) in [5.74, 6) is -1.60. The zero-order chi connectivity index (χ0) is 17.3. The van der Waals surface area contributed by atoms with Crippen molar-refractivity contribution < 1.29 is 24.6 Å². The van der Waals surface area contributed by atoms with Gasteiger partial charge in [0, 0.05) is 29.9 Å². The van der Waals surface area contributed by atoms with E-state index < -0.39 is 22.7 Å². The van der Waals surface area contributed by atoms with Gasteiger partial charge >= 0.3 is 5.69 Å². The molecule has 1 saturated carbocycles. The van der Waals surface area contributed by atoms with Crippen molar-refractivity contribution >= 4 is 23.4 Å². The number of carboxylic acids is 1. The molecular formula is C15H18N4O5. The number of H-pyrrole nitrogens is 1. The number of carbonyl (C=O) groups excluding carboxylic acids is 2. The third kappa shape index (κ3) is 3.01. The number of pyridine rings is 1. The number of hydrogen-bond acceptors (Lipinski definition) is 6. The van der Waals surface area contributed by atoms with E-state index in [2.05, 4.69) is 4.98 Å². The second-order valence-electron chi connectivity index (χ2n) is 6.11. The van der Waals surface area contributed by atoms with Crippen LogP contribution in [0.3, 0.4) is 0 Å². The van der Waals surface area contributed by atoms with Gasteiger partial charge in [0.1, 0.15) is 13.1 Å². The molecular weight excluding hydrogens is 316 g/mol. The van der Waals surface area contributed by atoms with E-state index in [1.54, 1.807) is 11.0 Å². The maximum absolute atomic E-state index is 12.4. The first-order chi connectivity index (χ1) is 11.5. The van der Waals surface area contributed by atoms with E-state index in [9.17, 15) is 24.8 Å². The monoisotopic (exact) mass is 334 g/mol. The van der Waals surface area contributed by atoms with Crippen LogP contribution in [-0.2, 0) is 9.59 Å². The van der Waals surface area contributed by atoms with Crippen molar-refractivity contribution in [2.24, 2.45) is 11.8 Å². The van der Waals surface area contributed by atoms with Crippen LogP contribution >= 0.6 is 0 Å². The molecule has 9 nitrogen and oxygen atoms in total. The van der Waals surface area contributed by atoms with Crippen molar-refractivity contribution in [1.29, 1.82) is 0 Å². The van der Waals surface area contributed by atoms with Crippen molar-refractivity contribution in [1.82, 2.24) is 4.90 Å². The highest BCUT2D eigenvalue weighted by Gasteiger charge is 2.40. The summed E-state index contributed by atoms with van der Waals surface area (Å²) in [5, 5.41) is 21.6. The van der Waals surface area contributed by atoms with E-state index in [-0.39, 0.29) is 11.6 Å². The minimum absolute atomic E-state index is 0.00845. The predicted octanol–water partition coefficient (Wildman–Crippen LogP) is -1.17. The van der Waals surface area contributed by atoms with Crippen molar-refractivity contribution in [3.8, 4) is 0 Å². The molecule has 0 radical (unpaired) electrons. The number of anilines is 1. The number of nitrogens with zero attached hydrogens (tertiary/aromatic N) is 3. The van der Waals surface area contributed by atoms with Crippen LogP contribution in [0.25, 0.3) is 0 Å². The smallest absolute Gasteiger partial charge is 0.308 e. The Kier molecular flexibility index (Phi) is 4.32. The van der Waals surface area contributed by atoms with E-state index in [1.165, 1.54) is 12.3 Å². The molecule has 2 heterocycles. The van der Waals surface area contributed by atoms with Crippen LogP contribution in [0.1, 0.15) is 12.8 Å². The Morgan fingerprint density at radius 3 is 2.25 bits per heavy atom. The Morgan fingerprint density at radius 1 is 1.12 bits per heavy atom. The quantitative estimate of drug-likeness (QED) is 0.505. The molecule has 0 spiro atoms. The minimum atomic E-state index is -1.14. The molecule has 24 heavy (non-hydrogen) atoms. The van der Waals surface area contributed by atoms with Crippen molar-refractivity contribution in [3.05, 3.63) is 28.4 Å². The van der Waals surface area contributed by atoms with Gasteiger partial charge in [-0.15, -0.1) is 0 Å². The molecule has 2 fully saturated rings. The summed E-state index contributed by atoms with van der Waals surface area (Å²) < 4.78 is 0. The Bertz CT molecular complexity index is 654. The second kappa shape index (κ2) is 6.42. The highest BCUT2D eigenvalue weighted by Crippen LogP contribution is 2.35. The lowest BCUT2D eigenvalue weighted by molar-refractivity contribution is -0.414. The molecule has 9 heteroatoms. The van der Waals surface area contributed by atoms with Crippen molar-refractivity contribution in [2.75, 3.05) is 31.1 Å². The van der Waals surface area contributed by atoms with Gasteiger partial charge in [-0.25, -0.2) is 4.98 Å². The third-order valence-corrected chi connectivity index (χ3v) is 4.82. The van der Waals surface area contributed by atoms with E-state index in [0.717, 1.165) is 5.82 Å². The molecule has 1 aromatic rings. The molecule has 1 aromatic heterocycles. The molecule has 0 bridgehead atoms. The fourth-order valence-electron chi connectivity index (χ4n) is 3.20. The molecule has 1 N–H and O–H groups in total. The number of aromatic nitrogens is 1. The predicted molar refractivity (Wildman–Crippen MR) is 79.7 cm³/mol. The van der Waals surface area contributed by atoms with Crippen LogP contribution in [-0.4, -0.2) is 47.9 Å². The summed E-state index contributed by atoms with van der Waals surface area (Å²) in [7, 11) is 0. The first-order valence-electron chi connectivity index (χ1n) is 7.88. The van der Waals surface area contributed by atoms with Gasteiger partial charge in [0.05, 0.1) is 18.0 Å². The number of carbonyl (C=O) groups is 2. The van der Waals surface area contributed by atoms with E-state index >= 15 is 0 Å². The highest BCUT2D eigenvalue weighted by atomic mass is 16.6. The van der Waals surface area contributed by atoms with Crippen molar-refractivity contribution in [2.45, 2.75) is 12.8 Å². The number of amides is 1. The zero-order valence-corrected chi connectivity index (χ0v) is 13.0. The van der Waals surface area contributed by atoms with E-state index in [1.807, 2.05) is 4.90 Å². The number of nitro groups is 1. The summed E-state index contributed by atoms with van der Waals surface area (Å²) in [6, 6.07) is 3.08. The van der Waals surface area contributed by atoms with E-state index in [0.29, 0.717) is 39.0 Å². The van der Waals surface area contributed by atoms with Crippen LogP contribution in [0, 0.1) is 22.0 Å². The average Bonchev–Trinajstić information content (AvgIpc) is 2.53. The Labute approximate surface area is 138 Å². The lowest BCUT2D eigenvalue weighted by Crippen LogP contribution is -2.55. The molecule has 2 aliphatic rings. The van der Waals surface area contributed by atoms with Gasteiger partial charge in [0.25, 0.3) is 5.82 Å². The molecule has 0 aromatic carbocycles. The number of aromatic amines is 1. The summed E-state index contributed by atoms with van der Waals surface area (Å²) in [5.41, 5.74) is -0.00845. The molecule has 2 atom stereocenters. The second-order valence-corrected chi connectivity index (χ2v) is 6.11. The summed E-state index contributed by atoms with van der Waals surface area (Å²) in [6.45, 7) is 2.17. The molecule has 1 aliphatic carbocycles. The topological polar surface area (TPSA) is 121 Å². The molecule has 1 saturated heterocycles. The Morgan fingerprint density at radius 2 is 1.79 bits per heavy atom. The molecule has 128 valence electrons. The fourth-order valence-corrected chi connectivity index (χ4v) is 3.20. The van der Waals surface area contributed by atoms with Crippen molar-refractivity contribution in [3.63, 3.8) is 0 Å². The van der Waals surface area contributed by atoms with Crippen LogP contribution in [0.4, 0.5) is 11.5 Å². The Hall–Kier alpha value is -2.71. The maximum atomic E-state index is 12.4. The maximum Gasteiger partial charge on any atom is 0.308 e.